The first-order valence-electron chi connectivity index (χ1n) is 4.26. The molecule has 0 radical (unpaired) electrons. The Bertz CT molecular complexity index is 309. The molecule has 1 aromatic carbocycles. The zero-order valence-corrected chi connectivity index (χ0v) is 7.90. The maximum atomic E-state index is 9.11. The van der Waals surface area contributed by atoms with Gasteiger partial charge in [0, 0.05) is 6.54 Å². The van der Waals surface area contributed by atoms with E-state index in [1.807, 2.05) is 24.3 Å². The molecular weight excluding hydrogens is 182 g/mol. The maximum absolute atomic E-state index is 9.11. The number of fused-ring (bicyclic) bond motifs is 1. The van der Waals surface area contributed by atoms with E-state index in [2.05, 4.69) is 4.99 Å². The Morgan fingerprint density at radius 2 is 1.93 bits per heavy atom. The molecule has 1 aliphatic rings. The molecule has 1 aliphatic heterocycles. The summed E-state index contributed by atoms with van der Waals surface area (Å²) >= 11 is 0. The second kappa shape index (κ2) is 5.78. The van der Waals surface area contributed by atoms with Crippen molar-refractivity contribution in [1.82, 2.24) is 0 Å². The number of para-hydroxylation sites is 2. The minimum Gasteiger partial charge on any atom is -0.454 e. The van der Waals surface area contributed by atoms with Crippen LogP contribution < -0.4 is 9.47 Å². The summed E-state index contributed by atoms with van der Waals surface area (Å²) in [4.78, 5) is 12.3. The fourth-order valence-electron chi connectivity index (χ4n) is 0.910. The highest BCUT2D eigenvalue weighted by Gasteiger charge is 2.09. The van der Waals surface area contributed by atoms with Crippen LogP contribution in [0.1, 0.15) is 6.92 Å². The van der Waals surface area contributed by atoms with Crippen molar-refractivity contribution in [3.8, 4) is 11.5 Å². The summed E-state index contributed by atoms with van der Waals surface area (Å²) in [6.07, 6.45) is 1.39. The number of hydrogen-bond donors (Lipinski definition) is 0. The Kier molecular flexibility index (Phi) is 4.24. The quantitative estimate of drug-likeness (QED) is 0.504. The van der Waals surface area contributed by atoms with E-state index >= 15 is 0 Å². The lowest BCUT2D eigenvalue weighted by Gasteiger charge is -1.89. The minimum atomic E-state index is 0.360. The molecule has 0 saturated heterocycles. The van der Waals surface area contributed by atoms with Gasteiger partial charge in [-0.3, -0.25) is 0 Å². The van der Waals surface area contributed by atoms with Crippen LogP contribution in [0.15, 0.2) is 29.3 Å². The summed E-state index contributed by atoms with van der Waals surface area (Å²) < 4.78 is 10.2. The monoisotopic (exact) mass is 193 g/mol. The summed E-state index contributed by atoms with van der Waals surface area (Å²) in [6.45, 7) is 2.69. The highest BCUT2D eigenvalue weighted by atomic mass is 16.7. The second-order valence-corrected chi connectivity index (χ2v) is 2.42. The van der Waals surface area contributed by atoms with Crippen LogP contribution in [0.3, 0.4) is 0 Å². The van der Waals surface area contributed by atoms with E-state index in [1.165, 1.54) is 6.08 Å². The molecule has 0 aromatic heterocycles. The molecule has 0 aliphatic carbocycles. The van der Waals surface area contributed by atoms with E-state index in [4.69, 9.17) is 14.3 Å². The van der Waals surface area contributed by atoms with E-state index in [-0.39, 0.29) is 0 Å². The van der Waals surface area contributed by atoms with Crippen molar-refractivity contribution in [3.05, 3.63) is 24.3 Å². The van der Waals surface area contributed by atoms with Crippen molar-refractivity contribution in [2.45, 2.75) is 6.92 Å². The third kappa shape index (κ3) is 2.92. The molecule has 0 spiro atoms. The van der Waals surface area contributed by atoms with Crippen LogP contribution in [0, 0.1) is 0 Å². The molecule has 0 N–H and O–H groups in total. The van der Waals surface area contributed by atoms with Crippen molar-refractivity contribution in [3.63, 3.8) is 0 Å². The molecule has 4 heteroatoms. The molecule has 2 rings (SSSR count). The van der Waals surface area contributed by atoms with Crippen LogP contribution >= 0.6 is 0 Å². The molecule has 0 bridgehead atoms. The Balaban J connectivity index is 0.000000171. The van der Waals surface area contributed by atoms with Gasteiger partial charge in [-0.05, 0) is 19.1 Å². The van der Waals surface area contributed by atoms with Gasteiger partial charge in [0.05, 0.1) is 0 Å². The largest absolute Gasteiger partial charge is 0.454 e. The third-order valence-electron chi connectivity index (χ3n) is 1.50. The van der Waals surface area contributed by atoms with Crippen LogP contribution in [0.5, 0.6) is 11.5 Å². The van der Waals surface area contributed by atoms with Crippen LogP contribution in [0.2, 0.25) is 0 Å². The van der Waals surface area contributed by atoms with Crippen molar-refractivity contribution >= 4 is 6.08 Å². The number of rotatable bonds is 1. The average Bonchev–Trinajstić information content (AvgIpc) is 2.67. The number of hydrogen-bond acceptors (Lipinski definition) is 4. The fraction of sp³-hybridized carbons (Fsp3) is 0.300. The zero-order chi connectivity index (χ0) is 10.2. The van der Waals surface area contributed by atoms with E-state index in [9.17, 15) is 0 Å². The van der Waals surface area contributed by atoms with Crippen molar-refractivity contribution < 1.29 is 14.3 Å². The molecule has 0 amide bonds. The predicted molar refractivity (Wildman–Crippen MR) is 51.2 cm³/mol. The van der Waals surface area contributed by atoms with E-state index in [1.54, 1.807) is 6.92 Å². The number of carbonyl (C=O) groups excluding carboxylic acids is 1. The van der Waals surface area contributed by atoms with E-state index < -0.39 is 0 Å². The molecule has 1 heterocycles. The molecular formula is C10H11NO3. The Morgan fingerprint density at radius 1 is 1.36 bits per heavy atom. The molecule has 1 aromatic rings. The van der Waals surface area contributed by atoms with Gasteiger partial charge in [-0.1, -0.05) is 12.1 Å². The number of isocyanates is 1. The third-order valence-corrected chi connectivity index (χ3v) is 1.50. The molecule has 0 saturated carbocycles. The summed E-state index contributed by atoms with van der Waals surface area (Å²) in [5, 5.41) is 0. The maximum Gasteiger partial charge on any atom is 0.234 e. The van der Waals surface area contributed by atoms with Crippen molar-refractivity contribution in [2.75, 3.05) is 13.3 Å². The average molecular weight is 193 g/mol. The number of ether oxygens (including phenoxy) is 2. The number of aliphatic imine (C=N–C) groups is 1. The lowest BCUT2D eigenvalue weighted by molar-refractivity contribution is 0.174. The molecule has 74 valence electrons. The summed E-state index contributed by atoms with van der Waals surface area (Å²) in [5.74, 6) is 1.69. The predicted octanol–water partition coefficient (Wildman–Crippen LogP) is 1.76. The summed E-state index contributed by atoms with van der Waals surface area (Å²) in [5.41, 5.74) is 0. The van der Waals surface area contributed by atoms with Gasteiger partial charge in [-0.15, -0.1) is 0 Å². The van der Waals surface area contributed by atoms with Gasteiger partial charge in [0.2, 0.25) is 12.9 Å². The van der Waals surface area contributed by atoms with Gasteiger partial charge < -0.3 is 9.47 Å². The first kappa shape index (κ1) is 10.3. The molecule has 0 atom stereocenters. The van der Waals surface area contributed by atoms with Gasteiger partial charge in [-0.25, -0.2) is 9.79 Å². The van der Waals surface area contributed by atoms with Crippen LogP contribution in [-0.2, 0) is 4.79 Å². The van der Waals surface area contributed by atoms with Crippen LogP contribution in [0.4, 0.5) is 0 Å². The molecule has 0 fully saturated rings. The van der Waals surface area contributed by atoms with Crippen molar-refractivity contribution in [2.24, 2.45) is 4.99 Å². The second-order valence-electron chi connectivity index (χ2n) is 2.42. The SMILES string of the molecule is CCN=C=O.c1ccc2c(c1)OCO2. The zero-order valence-electron chi connectivity index (χ0n) is 7.90. The first-order valence-corrected chi connectivity index (χ1v) is 4.26. The van der Waals surface area contributed by atoms with Crippen molar-refractivity contribution in [1.29, 1.82) is 0 Å². The fourth-order valence-corrected chi connectivity index (χ4v) is 0.910. The van der Waals surface area contributed by atoms with E-state index in [0.717, 1.165) is 11.5 Å². The number of nitrogens with zero attached hydrogens (tertiary/aromatic N) is 1. The van der Waals surface area contributed by atoms with Crippen LogP contribution in [-0.4, -0.2) is 19.4 Å². The van der Waals surface area contributed by atoms with Gasteiger partial charge in [0.15, 0.2) is 11.5 Å². The highest BCUT2D eigenvalue weighted by Crippen LogP contribution is 2.30. The van der Waals surface area contributed by atoms with Gasteiger partial charge in [0.25, 0.3) is 0 Å². The summed E-state index contributed by atoms with van der Waals surface area (Å²) in [6, 6.07) is 7.63. The smallest absolute Gasteiger partial charge is 0.234 e. The molecule has 0 unspecified atom stereocenters. The van der Waals surface area contributed by atoms with E-state index in [0.29, 0.717) is 13.3 Å². The Morgan fingerprint density at radius 3 is 2.29 bits per heavy atom. The normalized spacial score (nSPS) is 10.9. The first-order chi connectivity index (χ1) is 6.88. The lowest BCUT2D eigenvalue weighted by Crippen LogP contribution is -1.92. The minimum absolute atomic E-state index is 0.360. The lowest BCUT2D eigenvalue weighted by atomic mass is 10.3. The van der Waals surface area contributed by atoms with Crippen LogP contribution in [0.25, 0.3) is 0 Å². The van der Waals surface area contributed by atoms with Gasteiger partial charge in [0.1, 0.15) is 0 Å². The summed E-state index contributed by atoms with van der Waals surface area (Å²) in [7, 11) is 0. The Labute approximate surface area is 82.2 Å². The number of benzene rings is 1. The standard InChI is InChI=1S/C7H6O2.C3H5NO/c1-2-4-7-6(3-1)8-5-9-7;1-2-4-3-5/h1-4H,5H2;2H2,1H3. The highest BCUT2D eigenvalue weighted by molar-refractivity contribution is 5.40. The topological polar surface area (TPSA) is 47.9 Å². The van der Waals surface area contributed by atoms with Gasteiger partial charge in [-0.2, -0.15) is 0 Å². The Hall–Kier alpha value is -1.80. The molecule has 4 nitrogen and oxygen atoms in total. The molecule has 14 heavy (non-hydrogen) atoms. The van der Waals surface area contributed by atoms with Gasteiger partial charge >= 0.3 is 0 Å².